The van der Waals surface area contributed by atoms with E-state index in [1.807, 2.05) is 7.05 Å². The van der Waals surface area contributed by atoms with Crippen molar-refractivity contribution in [3.63, 3.8) is 0 Å². The molecule has 0 atom stereocenters. The number of nitrogens with zero attached hydrogens (tertiary/aromatic N) is 1. The maximum absolute atomic E-state index is 11.6. The van der Waals surface area contributed by atoms with E-state index < -0.39 is 0 Å². The quantitative estimate of drug-likeness (QED) is 0.602. The van der Waals surface area contributed by atoms with Gasteiger partial charge in [-0.05, 0) is 19.3 Å². The standard InChI is InChI=1S/C11H22N2O2/c1-13(8-3-9-15-2)11(14)6-7-12-10-4-5-10/h10,12H,3-9H2,1-2H3. The van der Waals surface area contributed by atoms with Crippen LogP contribution in [0.1, 0.15) is 25.7 Å². The molecule has 1 aliphatic carbocycles. The molecular formula is C11H22N2O2. The van der Waals surface area contributed by atoms with Crippen LogP contribution in [0.4, 0.5) is 0 Å². The summed E-state index contributed by atoms with van der Waals surface area (Å²) < 4.78 is 4.94. The Kier molecular flexibility index (Phi) is 5.65. The summed E-state index contributed by atoms with van der Waals surface area (Å²) in [5.41, 5.74) is 0. The van der Waals surface area contributed by atoms with E-state index in [-0.39, 0.29) is 5.91 Å². The lowest BCUT2D eigenvalue weighted by molar-refractivity contribution is -0.129. The Morgan fingerprint density at radius 2 is 2.27 bits per heavy atom. The third-order valence-electron chi connectivity index (χ3n) is 2.62. The third kappa shape index (κ3) is 5.74. The number of nitrogens with one attached hydrogen (secondary N) is 1. The van der Waals surface area contributed by atoms with Gasteiger partial charge in [-0.25, -0.2) is 0 Å². The van der Waals surface area contributed by atoms with Gasteiger partial charge in [0.2, 0.25) is 5.91 Å². The summed E-state index contributed by atoms with van der Waals surface area (Å²) in [5, 5.41) is 3.34. The minimum Gasteiger partial charge on any atom is -0.385 e. The van der Waals surface area contributed by atoms with Crippen LogP contribution in [-0.4, -0.2) is 50.7 Å². The van der Waals surface area contributed by atoms with Crippen molar-refractivity contribution in [1.82, 2.24) is 10.2 Å². The summed E-state index contributed by atoms with van der Waals surface area (Å²) >= 11 is 0. The van der Waals surface area contributed by atoms with Crippen LogP contribution in [0.25, 0.3) is 0 Å². The SMILES string of the molecule is COCCCN(C)C(=O)CCNC1CC1. The van der Waals surface area contributed by atoms with Crippen molar-refractivity contribution < 1.29 is 9.53 Å². The van der Waals surface area contributed by atoms with Gasteiger partial charge in [-0.2, -0.15) is 0 Å². The number of amides is 1. The van der Waals surface area contributed by atoms with Crippen LogP contribution in [0.2, 0.25) is 0 Å². The highest BCUT2D eigenvalue weighted by molar-refractivity contribution is 5.76. The molecule has 0 bridgehead atoms. The molecule has 88 valence electrons. The number of carbonyl (C=O) groups excluding carboxylic acids is 1. The smallest absolute Gasteiger partial charge is 0.223 e. The normalized spacial score (nSPS) is 15.3. The lowest BCUT2D eigenvalue weighted by Gasteiger charge is -2.16. The lowest BCUT2D eigenvalue weighted by Crippen LogP contribution is -2.31. The fourth-order valence-corrected chi connectivity index (χ4v) is 1.43. The summed E-state index contributed by atoms with van der Waals surface area (Å²) in [6.45, 7) is 2.33. The monoisotopic (exact) mass is 214 g/mol. The molecule has 1 N–H and O–H groups in total. The van der Waals surface area contributed by atoms with Crippen molar-refractivity contribution in [3.05, 3.63) is 0 Å². The van der Waals surface area contributed by atoms with Gasteiger partial charge < -0.3 is 15.0 Å². The largest absolute Gasteiger partial charge is 0.385 e. The molecule has 0 saturated heterocycles. The first-order valence-electron chi connectivity index (χ1n) is 5.70. The van der Waals surface area contributed by atoms with Crippen LogP contribution in [0, 0.1) is 0 Å². The molecule has 0 unspecified atom stereocenters. The van der Waals surface area contributed by atoms with Gasteiger partial charge in [0.05, 0.1) is 0 Å². The Labute approximate surface area is 92.0 Å². The van der Waals surface area contributed by atoms with Crippen LogP contribution in [0.3, 0.4) is 0 Å². The zero-order chi connectivity index (χ0) is 11.1. The third-order valence-corrected chi connectivity index (χ3v) is 2.62. The van der Waals surface area contributed by atoms with Crippen molar-refractivity contribution in [2.24, 2.45) is 0 Å². The molecule has 4 nitrogen and oxygen atoms in total. The van der Waals surface area contributed by atoms with Crippen molar-refractivity contribution >= 4 is 5.91 Å². The maximum atomic E-state index is 11.6. The molecule has 0 aromatic carbocycles. The fraction of sp³-hybridized carbons (Fsp3) is 0.909. The topological polar surface area (TPSA) is 41.6 Å². The van der Waals surface area contributed by atoms with Gasteiger partial charge in [0.1, 0.15) is 0 Å². The Hall–Kier alpha value is -0.610. The van der Waals surface area contributed by atoms with Gasteiger partial charge in [0.15, 0.2) is 0 Å². The molecule has 1 saturated carbocycles. The average molecular weight is 214 g/mol. The van der Waals surface area contributed by atoms with Crippen molar-refractivity contribution in [3.8, 4) is 0 Å². The van der Waals surface area contributed by atoms with Gasteiger partial charge in [-0.3, -0.25) is 4.79 Å². The molecule has 0 aromatic rings. The maximum Gasteiger partial charge on any atom is 0.223 e. The van der Waals surface area contributed by atoms with Gasteiger partial charge in [0, 0.05) is 46.3 Å². The average Bonchev–Trinajstić information content (AvgIpc) is 3.02. The molecular weight excluding hydrogens is 192 g/mol. The Morgan fingerprint density at radius 1 is 1.53 bits per heavy atom. The van der Waals surface area contributed by atoms with Crippen LogP contribution < -0.4 is 5.32 Å². The molecule has 1 fully saturated rings. The highest BCUT2D eigenvalue weighted by Crippen LogP contribution is 2.18. The first-order chi connectivity index (χ1) is 7.24. The first kappa shape index (κ1) is 12.5. The Bertz CT molecular complexity index is 193. The number of hydrogen-bond donors (Lipinski definition) is 1. The molecule has 15 heavy (non-hydrogen) atoms. The predicted molar refractivity (Wildman–Crippen MR) is 59.8 cm³/mol. The molecule has 0 radical (unpaired) electrons. The molecule has 0 spiro atoms. The minimum absolute atomic E-state index is 0.222. The lowest BCUT2D eigenvalue weighted by atomic mass is 10.3. The second-order valence-electron chi connectivity index (χ2n) is 4.14. The van der Waals surface area contributed by atoms with Gasteiger partial charge >= 0.3 is 0 Å². The molecule has 0 aromatic heterocycles. The number of rotatable bonds is 8. The Balaban J connectivity index is 1.98. The molecule has 1 aliphatic rings. The summed E-state index contributed by atoms with van der Waals surface area (Å²) in [6, 6.07) is 0.691. The zero-order valence-corrected chi connectivity index (χ0v) is 9.79. The summed E-state index contributed by atoms with van der Waals surface area (Å²) in [6.07, 6.45) is 4.07. The van der Waals surface area contributed by atoms with Crippen molar-refractivity contribution in [2.75, 3.05) is 33.9 Å². The van der Waals surface area contributed by atoms with Gasteiger partial charge in [0.25, 0.3) is 0 Å². The van der Waals surface area contributed by atoms with Gasteiger partial charge in [-0.1, -0.05) is 0 Å². The summed E-state index contributed by atoms with van der Waals surface area (Å²) in [5.74, 6) is 0.222. The van der Waals surface area contributed by atoms with E-state index in [0.717, 1.165) is 26.1 Å². The van der Waals surface area contributed by atoms with E-state index in [4.69, 9.17) is 4.74 Å². The molecule has 1 rings (SSSR count). The van der Waals surface area contributed by atoms with Crippen molar-refractivity contribution in [2.45, 2.75) is 31.7 Å². The van der Waals surface area contributed by atoms with E-state index >= 15 is 0 Å². The molecule has 1 amide bonds. The van der Waals surface area contributed by atoms with Crippen LogP contribution >= 0.6 is 0 Å². The number of hydrogen-bond acceptors (Lipinski definition) is 3. The van der Waals surface area contributed by atoms with Crippen LogP contribution in [-0.2, 0) is 9.53 Å². The van der Waals surface area contributed by atoms with Crippen LogP contribution in [0.5, 0.6) is 0 Å². The van der Waals surface area contributed by atoms with Crippen molar-refractivity contribution in [1.29, 1.82) is 0 Å². The van der Waals surface area contributed by atoms with Gasteiger partial charge in [-0.15, -0.1) is 0 Å². The number of carbonyl (C=O) groups is 1. The van der Waals surface area contributed by atoms with E-state index in [0.29, 0.717) is 12.5 Å². The zero-order valence-electron chi connectivity index (χ0n) is 9.79. The highest BCUT2D eigenvalue weighted by Gasteiger charge is 2.20. The molecule has 4 heteroatoms. The van der Waals surface area contributed by atoms with E-state index in [2.05, 4.69) is 5.32 Å². The predicted octanol–water partition coefficient (Wildman–Crippen LogP) is 0.623. The van der Waals surface area contributed by atoms with Crippen LogP contribution in [0.15, 0.2) is 0 Å². The second-order valence-corrected chi connectivity index (χ2v) is 4.14. The number of ether oxygens (including phenoxy) is 1. The summed E-state index contributed by atoms with van der Waals surface area (Å²) in [7, 11) is 3.54. The van der Waals surface area contributed by atoms with E-state index in [1.165, 1.54) is 12.8 Å². The molecule has 0 heterocycles. The fourth-order valence-electron chi connectivity index (χ4n) is 1.43. The minimum atomic E-state index is 0.222. The summed E-state index contributed by atoms with van der Waals surface area (Å²) in [4.78, 5) is 13.4. The molecule has 0 aliphatic heterocycles. The van der Waals surface area contributed by atoms with E-state index in [9.17, 15) is 4.79 Å². The highest BCUT2D eigenvalue weighted by atomic mass is 16.5. The Morgan fingerprint density at radius 3 is 2.87 bits per heavy atom. The first-order valence-corrected chi connectivity index (χ1v) is 5.70. The second kappa shape index (κ2) is 6.80. The number of methoxy groups -OCH3 is 1. The van der Waals surface area contributed by atoms with E-state index in [1.54, 1.807) is 12.0 Å².